The third kappa shape index (κ3) is 4.02. The van der Waals surface area contributed by atoms with Crippen molar-refractivity contribution < 1.29 is 13.2 Å². The Hall–Kier alpha value is -2.32. The fraction of sp³-hybridized carbons (Fsp3) is 0.353. The van der Waals surface area contributed by atoms with E-state index < -0.39 is 10.0 Å². The largest absolute Gasteiger partial charge is 0.335 e. The van der Waals surface area contributed by atoms with E-state index in [1.54, 1.807) is 4.90 Å². The van der Waals surface area contributed by atoms with Gasteiger partial charge in [0.15, 0.2) is 0 Å². The summed E-state index contributed by atoms with van der Waals surface area (Å²) in [7, 11) is -3.41. The van der Waals surface area contributed by atoms with E-state index >= 15 is 0 Å². The topological polar surface area (TPSA) is 83.5 Å². The maximum atomic E-state index is 12.7. The van der Waals surface area contributed by atoms with Crippen molar-refractivity contribution in [3.8, 4) is 0 Å². The number of amides is 1. The second-order valence-electron chi connectivity index (χ2n) is 5.96. The third-order valence-corrected chi connectivity index (χ3v) is 6.13. The van der Waals surface area contributed by atoms with E-state index in [1.807, 2.05) is 31.2 Å². The van der Waals surface area contributed by atoms with Gasteiger partial charge in [-0.05, 0) is 18.1 Å². The number of aromatic nitrogens is 2. The molecule has 25 heavy (non-hydrogen) atoms. The molecule has 1 aliphatic rings. The van der Waals surface area contributed by atoms with Gasteiger partial charge in [0.2, 0.25) is 10.0 Å². The zero-order chi connectivity index (χ0) is 17.9. The van der Waals surface area contributed by atoms with Crippen molar-refractivity contribution in [2.24, 2.45) is 0 Å². The lowest BCUT2D eigenvalue weighted by molar-refractivity contribution is 0.0691. The van der Waals surface area contributed by atoms with Gasteiger partial charge in [-0.2, -0.15) is 4.31 Å². The van der Waals surface area contributed by atoms with E-state index in [0.717, 1.165) is 11.1 Å². The van der Waals surface area contributed by atoms with Crippen molar-refractivity contribution in [3.05, 3.63) is 59.7 Å². The summed E-state index contributed by atoms with van der Waals surface area (Å²) in [5.41, 5.74) is 2.04. The average molecular weight is 360 g/mol. The molecule has 0 aliphatic carbocycles. The maximum absolute atomic E-state index is 12.7. The van der Waals surface area contributed by atoms with Crippen LogP contribution in [-0.2, 0) is 15.8 Å². The quantitative estimate of drug-likeness (QED) is 0.814. The number of benzene rings is 1. The molecule has 1 saturated heterocycles. The zero-order valence-electron chi connectivity index (χ0n) is 14.0. The van der Waals surface area contributed by atoms with Gasteiger partial charge >= 0.3 is 0 Å². The average Bonchev–Trinajstić information content (AvgIpc) is 2.64. The van der Waals surface area contributed by atoms with Crippen LogP contribution in [0.4, 0.5) is 0 Å². The number of carbonyl (C=O) groups is 1. The molecule has 1 aliphatic heterocycles. The van der Waals surface area contributed by atoms with Crippen LogP contribution < -0.4 is 0 Å². The van der Waals surface area contributed by atoms with Crippen molar-refractivity contribution in [2.45, 2.75) is 12.7 Å². The summed E-state index contributed by atoms with van der Waals surface area (Å²) in [6, 6.07) is 7.47. The first kappa shape index (κ1) is 17.5. The highest BCUT2D eigenvalue weighted by Crippen LogP contribution is 2.17. The molecule has 0 spiro atoms. The lowest BCUT2D eigenvalue weighted by atomic mass is 10.1. The van der Waals surface area contributed by atoms with Gasteiger partial charge in [0, 0.05) is 38.6 Å². The summed E-state index contributed by atoms with van der Waals surface area (Å²) in [6.45, 7) is 3.19. The Morgan fingerprint density at radius 1 is 1.12 bits per heavy atom. The predicted octanol–water partition coefficient (Wildman–Crippen LogP) is 1.07. The van der Waals surface area contributed by atoms with E-state index in [2.05, 4.69) is 9.97 Å². The number of sulfonamides is 1. The van der Waals surface area contributed by atoms with Crippen molar-refractivity contribution in [1.29, 1.82) is 0 Å². The molecule has 3 rings (SSSR count). The Kier molecular flexibility index (Phi) is 5.10. The first-order valence-corrected chi connectivity index (χ1v) is 9.66. The van der Waals surface area contributed by atoms with Crippen molar-refractivity contribution in [1.82, 2.24) is 19.2 Å². The fourth-order valence-electron chi connectivity index (χ4n) is 2.80. The fourth-order valence-corrected chi connectivity index (χ4v) is 4.42. The minimum absolute atomic E-state index is 0.0161. The highest BCUT2D eigenvalue weighted by atomic mass is 32.2. The molecule has 2 aromatic rings. The molecular weight excluding hydrogens is 340 g/mol. The third-order valence-electron chi connectivity index (χ3n) is 4.30. The molecule has 8 heteroatoms. The number of hydrogen-bond acceptors (Lipinski definition) is 5. The van der Waals surface area contributed by atoms with Gasteiger partial charge in [0.1, 0.15) is 5.69 Å². The van der Waals surface area contributed by atoms with E-state index in [-0.39, 0.29) is 17.4 Å². The molecule has 0 unspecified atom stereocenters. The van der Waals surface area contributed by atoms with Crippen LogP contribution in [0.3, 0.4) is 0 Å². The summed E-state index contributed by atoms with van der Waals surface area (Å²) in [5.74, 6) is -0.235. The van der Waals surface area contributed by atoms with Gasteiger partial charge in [-0.1, -0.05) is 24.3 Å². The molecule has 7 nitrogen and oxygen atoms in total. The number of aryl methyl sites for hydroxylation is 1. The highest BCUT2D eigenvalue weighted by molar-refractivity contribution is 7.88. The molecule has 1 fully saturated rings. The van der Waals surface area contributed by atoms with Crippen LogP contribution in [-0.4, -0.2) is 59.7 Å². The first-order chi connectivity index (χ1) is 12.0. The van der Waals surface area contributed by atoms with E-state index in [1.165, 1.54) is 22.9 Å². The highest BCUT2D eigenvalue weighted by Gasteiger charge is 2.30. The minimum Gasteiger partial charge on any atom is -0.335 e. The molecule has 0 radical (unpaired) electrons. The van der Waals surface area contributed by atoms with E-state index in [4.69, 9.17) is 0 Å². The molecule has 0 atom stereocenters. The molecule has 0 saturated carbocycles. The lowest BCUT2D eigenvalue weighted by Crippen LogP contribution is -2.50. The molecule has 1 amide bonds. The normalized spacial score (nSPS) is 16.0. The zero-order valence-corrected chi connectivity index (χ0v) is 14.8. The van der Waals surface area contributed by atoms with Gasteiger partial charge < -0.3 is 4.90 Å². The van der Waals surface area contributed by atoms with Gasteiger partial charge in [-0.15, -0.1) is 0 Å². The summed E-state index contributed by atoms with van der Waals surface area (Å²) in [5, 5.41) is 0. The number of rotatable bonds is 4. The second-order valence-corrected chi connectivity index (χ2v) is 7.93. The van der Waals surface area contributed by atoms with Crippen molar-refractivity contribution in [3.63, 3.8) is 0 Å². The Morgan fingerprint density at radius 3 is 2.48 bits per heavy atom. The first-order valence-electron chi connectivity index (χ1n) is 8.05. The van der Waals surface area contributed by atoms with Crippen molar-refractivity contribution >= 4 is 15.9 Å². The molecule has 0 bridgehead atoms. The lowest BCUT2D eigenvalue weighted by Gasteiger charge is -2.33. The van der Waals surface area contributed by atoms with Gasteiger partial charge in [0.25, 0.3) is 5.91 Å². The standard InChI is InChI=1S/C17H20N4O3S/c1-14-4-2-3-5-15(14)13-25(23,24)21-10-8-20(9-11-21)17(22)16-12-18-6-7-19-16/h2-7,12H,8-11,13H2,1H3. The molecule has 1 aromatic heterocycles. The number of carbonyl (C=O) groups excluding carboxylic acids is 1. The van der Waals surface area contributed by atoms with E-state index in [0.29, 0.717) is 26.2 Å². The Balaban J connectivity index is 1.63. The predicted molar refractivity (Wildman–Crippen MR) is 93.3 cm³/mol. The molecule has 0 N–H and O–H groups in total. The van der Waals surface area contributed by atoms with E-state index in [9.17, 15) is 13.2 Å². The molecule has 132 valence electrons. The summed E-state index contributed by atoms with van der Waals surface area (Å²) >= 11 is 0. The molecular formula is C17H20N4O3S. The Morgan fingerprint density at radius 2 is 1.84 bits per heavy atom. The van der Waals surface area contributed by atoms with Gasteiger partial charge in [-0.25, -0.2) is 13.4 Å². The van der Waals surface area contributed by atoms with Crippen LogP contribution >= 0.6 is 0 Å². The monoisotopic (exact) mass is 360 g/mol. The number of piperazine rings is 1. The molecule has 2 heterocycles. The number of hydrogen-bond donors (Lipinski definition) is 0. The van der Waals surface area contributed by atoms with Gasteiger partial charge in [-0.3, -0.25) is 9.78 Å². The van der Waals surface area contributed by atoms with Crippen molar-refractivity contribution in [2.75, 3.05) is 26.2 Å². The van der Waals surface area contributed by atoms with Gasteiger partial charge in [0.05, 0.1) is 11.9 Å². The smallest absolute Gasteiger partial charge is 0.274 e. The van der Waals surface area contributed by atoms with Crippen LogP contribution in [0, 0.1) is 6.92 Å². The number of nitrogens with zero attached hydrogens (tertiary/aromatic N) is 4. The second kappa shape index (κ2) is 7.28. The Bertz CT molecular complexity index is 847. The van der Waals surface area contributed by atoms with Crippen LogP contribution in [0.15, 0.2) is 42.9 Å². The Labute approximate surface area is 147 Å². The minimum atomic E-state index is -3.41. The SMILES string of the molecule is Cc1ccccc1CS(=O)(=O)N1CCN(C(=O)c2cnccn2)CC1. The maximum Gasteiger partial charge on any atom is 0.274 e. The summed E-state index contributed by atoms with van der Waals surface area (Å²) in [4.78, 5) is 21.9. The van der Waals surface area contributed by atoms with Crippen LogP contribution in [0.25, 0.3) is 0 Å². The summed E-state index contributed by atoms with van der Waals surface area (Å²) in [6.07, 6.45) is 4.40. The van der Waals surface area contributed by atoms with Crippen LogP contribution in [0.2, 0.25) is 0 Å². The van der Waals surface area contributed by atoms with Crippen LogP contribution in [0.1, 0.15) is 21.6 Å². The molecule has 1 aromatic carbocycles. The van der Waals surface area contributed by atoms with Crippen LogP contribution in [0.5, 0.6) is 0 Å². The summed E-state index contributed by atoms with van der Waals surface area (Å²) < 4.78 is 26.8.